The van der Waals surface area contributed by atoms with Crippen molar-refractivity contribution in [1.82, 2.24) is 5.32 Å². The zero-order valence-electron chi connectivity index (χ0n) is 13.1. The monoisotopic (exact) mass is 317 g/mol. The second-order valence-electron chi connectivity index (χ2n) is 6.18. The van der Waals surface area contributed by atoms with Crippen molar-refractivity contribution in [3.8, 4) is 0 Å². The molecule has 1 N–H and O–H groups in total. The van der Waals surface area contributed by atoms with Gasteiger partial charge in [0.15, 0.2) is 0 Å². The van der Waals surface area contributed by atoms with Crippen LogP contribution in [0.5, 0.6) is 0 Å². The Hall–Kier alpha value is -2.17. The minimum absolute atomic E-state index is 0.0490. The number of ether oxygens (including phenoxy) is 1. The van der Waals surface area contributed by atoms with Crippen molar-refractivity contribution in [2.24, 2.45) is 0 Å². The van der Waals surface area contributed by atoms with Gasteiger partial charge in [-0.15, -0.1) is 0 Å². The molecule has 1 atom stereocenters. The van der Waals surface area contributed by atoms with Crippen LogP contribution >= 0.6 is 0 Å². The van der Waals surface area contributed by atoms with E-state index in [1.54, 1.807) is 25.1 Å². The lowest BCUT2D eigenvalue weighted by molar-refractivity contribution is -0.144. The largest absolute Gasteiger partial charge is 0.459 e. The van der Waals surface area contributed by atoms with Crippen LogP contribution in [0.4, 0.5) is 4.39 Å². The van der Waals surface area contributed by atoms with E-state index in [2.05, 4.69) is 5.32 Å². The smallest absolute Gasteiger partial charge is 0.336 e. The number of carbonyl (C=O) groups is 2. The zero-order chi connectivity index (χ0) is 16.4. The maximum Gasteiger partial charge on any atom is 0.336 e. The van der Waals surface area contributed by atoms with Gasteiger partial charge in [0.2, 0.25) is 5.91 Å². The van der Waals surface area contributed by atoms with E-state index >= 15 is 0 Å². The molecule has 1 aliphatic heterocycles. The summed E-state index contributed by atoms with van der Waals surface area (Å²) in [5, 5.41) is 2.67. The van der Waals surface area contributed by atoms with Crippen LogP contribution in [0.2, 0.25) is 0 Å². The van der Waals surface area contributed by atoms with E-state index in [1.807, 2.05) is 0 Å². The highest BCUT2D eigenvalue weighted by molar-refractivity contribution is 5.95. The molecule has 5 heteroatoms. The lowest BCUT2D eigenvalue weighted by Gasteiger charge is -2.27. The zero-order valence-corrected chi connectivity index (χ0v) is 13.1. The van der Waals surface area contributed by atoms with Crippen LogP contribution in [0.3, 0.4) is 0 Å². The van der Waals surface area contributed by atoms with Gasteiger partial charge < -0.3 is 10.1 Å². The molecular weight excluding hydrogens is 297 g/mol. The van der Waals surface area contributed by atoms with E-state index in [4.69, 9.17) is 4.74 Å². The van der Waals surface area contributed by atoms with Crippen molar-refractivity contribution in [2.45, 2.75) is 51.0 Å². The van der Waals surface area contributed by atoms with Crippen LogP contribution in [0.1, 0.15) is 50.5 Å². The second-order valence-corrected chi connectivity index (χ2v) is 6.18. The predicted molar refractivity (Wildman–Crippen MR) is 82.9 cm³/mol. The molecule has 3 rings (SSSR count). The third kappa shape index (κ3) is 3.28. The van der Waals surface area contributed by atoms with Gasteiger partial charge in [0.05, 0.1) is 5.57 Å². The van der Waals surface area contributed by atoms with Crippen LogP contribution in [0.25, 0.3) is 0 Å². The molecule has 0 aromatic heterocycles. The summed E-state index contributed by atoms with van der Waals surface area (Å²) >= 11 is 0. The first kappa shape index (κ1) is 15.7. The Morgan fingerprint density at radius 3 is 2.65 bits per heavy atom. The third-order valence-corrected chi connectivity index (χ3v) is 4.55. The molecular formula is C18H20FNO3. The molecule has 23 heavy (non-hydrogen) atoms. The number of nitrogens with one attached hydrogen (secondary N) is 1. The molecule has 0 bridgehead atoms. The fraction of sp³-hybridized carbons (Fsp3) is 0.444. The highest BCUT2D eigenvalue weighted by Crippen LogP contribution is 2.35. The minimum atomic E-state index is -0.598. The molecule has 1 heterocycles. The Balaban J connectivity index is 1.92. The van der Waals surface area contributed by atoms with Crippen LogP contribution in [-0.4, -0.2) is 18.0 Å². The quantitative estimate of drug-likeness (QED) is 0.871. The lowest BCUT2D eigenvalue weighted by atomic mass is 9.84. The molecule has 4 nitrogen and oxygen atoms in total. The van der Waals surface area contributed by atoms with E-state index in [0.29, 0.717) is 16.8 Å². The van der Waals surface area contributed by atoms with Gasteiger partial charge in [0.25, 0.3) is 0 Å². The van der Waals surface area contributed by atoms with Crippen LogP contribution in [0.15, 0.2) is 35.5 Å². The molecule has 122 valence electrons. The summed E-state index contributed by atoms with van der Waals surface area (Å²) in [6.45, 7) is 1.66. The fourth-order valence-electron chi connectivity index (χ4n) is 3.42. The average Bonchev–Trinajstić information content (AvgIpc) is 2.99. The Morgan fingerprint density at radius 2 is 1.96 bits per heavy atom. The summed E-state index contributed by atoms with van der Waals surface area (Å²) in [6, 6.07) is 6.26. The Kier molecular flexibility index (Phi) is 4.46. The number of esters is 1. The topological polar surface area (TPSA) is 55.4 Å². The standard InChI is InChI=1S/C18H20FNO3/c1-11-17(18(22)23-12-6-2-3-7-12)14(10-16(21)20-11)13-8-4-5-9-15(13)19/h4-5,8-9,12,14H,2-3,6-7,10H2,1H3,(H,20,21)/t14-/m1/s1. The van der Waals surface area contributed by atoms with Gasteiger partial charge in [-0.3, -0.25) is 4.79 Å². The van der Waals surface area contributed by atoms with Crippen molar-refractivity contribution >= 4 is 11.9 Å². The maximum absolute atomic E-state index is 14.2. The number of rotatable bonds is 3. The number of benzene rings is 1. The van der Waals surface area contributed by atoms with E-state index < -0.39 is 17.7 Å². The van der Waals surface area contributed by atoms with Crippen molar-refractivity contribution < 1.29 is 18.7 Å². The Morgan fingerprint density at radius 1 is 1.26 bits per heavy atom. The maximum atomic E-state index is 14.2. The lowest BCUT2D eigenvalue weighted by Crippen LogP contribution is -2.35. The number of carbonyl (C=O) groups excluding carboxylic acids is 2. The molecule has 2 aliphatic rings. The number of allylic oxidation sites excluding steroid dienone is 1. The fourth-order valence-corrected chi connectivity index (χ4v) is 3.42. The number of hydrogen-bond acceptors (Lipinski definition) is 3. The summed E-state index contributed by atoms with van der Waals surface area (Å²) in [5.74, 6) is -1.67. The SMILES string of the molecule is CC1=C(C(=O)OC2CCCC2)[C@@H](c2ccccc2F)CC(=O)N1. The van der Waals surface area contributed by atoms with Crippen LogP contribution in [0, 0.1) is 5.82 Å². The molecule has 0 radical (unpaired) electrons. The Labute approximate surface area is 134 Å². The van der Waals surface area contributed by atoms with E-state index in [0.717, 1.165) is 25.7 Å². The molecule has 1 saturated carbocycles. The molecule has 1 aromatic carbocycles. The summed E-state index contributed by atoms with van der Waals surface area (Å²) < 4.78 is 19.7. The average molecular weight is 317 g/mol. The number of halogens is 1. The minimum Gasteiger partial charge on any atom is -0.459 e. The molecule has 1 aliphatic carbocycles. The van der Waals surface area contributed by atoms with E-state index in [1.165, 1.54) is 6.07 Å². The third-order valence-electron chi connectivity index (χ3n) is 4.55. The van der Waals surface area contributed by atoms with Gasteiger partial charge in [-0.2, -0.15) is 0 Å². The van der Waals surface area contributed by atoms with Gasteiger partial charge >= 0.3 is 5.97 Å². The van der Waals surface area contributed by atoms with Gasteiger partial charge in [-0.05, 0) is 44.2 Å². The molecule has 1 amide bonds. The van der Waals surface area contributed by atoms with Gasteiger partial charge in [0.1, 0.15) is 11.9 Å². The van der Waals surface area contributed by atoms with Gasteiger partial charge in [0, 0.05) is 18.0 Å². The van der Waals surface area contributed by atoms with E-state index in [-0.39, 0.29) is 18.4 Å². The first-order valence-corrected chi connectivity index (χ1v) is 8.02. The summed E-state index contributed by atoms with van der Waals surface area (Å²) in [5.41, 5.74) is 1.18. The highest BCUT2D eigenvalue weighted by atomic mass is 19.1. The molecule has 0 unspecified atom stereocenters. The van der Waals surface area contributed by atoms with Crippen molar-refractivity contribution in [1.29, 1.82) is 0 Å². The number of amides is 1. The Bertz CT molecular complexity index is 662. The van der Waals surface area contributed by atoms with E-state index in [9.17, 15) is 14.0 Å². The predicted octanol–water partition coefficient (Wildman–Crippen LogP) is 3.19. The van der Waals surface area contributed by atoms with Crippen LogP contribution < -0.4 is 5.32 Å². The highest BCUT2D eigenvalue weighted by Gasteiger charge is 2.35. The van der Waals surface area contributed by atoms with Gasteiger partial charge in [-0.1, -0.05) is 18.2 Å². The van der Waals surface area contributed by atoms with Crippen molar-refractivity contribution in [3.05, 3.63) is 46.9 Å². The summed E-state index contributed by atoms with van der Waals surface area (Å²) in [4.78, 5) is 24.5. The second kappa shape index (κ2) is 6.52. The molecule has 0 spiro atoms. The molecule has 1 fully saturated rings. The number of hydrogen-bond donors (Lipinski definition) is 1. The van der Waals surface area contributed by atoms with Gasteiger partial charge in [-0.25, -0.2) is 9.18 Å². The first-order chi connectivity index (χ1) is 11.1. The van der Waals surface area contributed by atoms with Crippen molar-refractivity contribution in [3.63, 3.8) is 0 Å². The summed E-state index contributed by atoms with van der Waals surface area (Å²) in [6.07, 6.45) is 3.84. The molecule has 0 saturated heterocycles. The van der Waals surface area contributed by atoms with Crippen LogP contribution in [-0.2, 0) is 14.3 Å². The molecule has 1 aromatic rings. The van der Waals surface area contributed by atoms with Crippen molar-refractivity contribution in [2.75, 3.05) is 0 Å². The normalized spacial score (nSPS) is 22.2. The first-order valence-electron chi connectivity index (χ1n) is 8.02. The summed E-state index contributed by atoms with van der Waals surface area (Å²) in [7, 11) is 0.